The van der Waals surface area contributed by atoms with Crippen molar-refractivity contribution in [1.82, 2.24) is 19.8 Å². The Bertz CT molecular complexity index is 947. The van der Waals surface area contributed by atoms with Gasteiger partial charge in [-0.05, 0) is 63.4 Å². The van der Waals surface area contributed by atoms with Crippen LogP contribution in [0, 0.1) is 5.41 Å². The predicted molar refractivity (Wildman–Crippen MR) is 110 cm³/mol. The monoisotopic (exact) mass is 378 g/mol. The summed E-state index contributed by atoms with van der Waals surface area (Å²) in [6.07, 6.45) is 4.02. The molecule has 2 aromatic rings. The van der Waals surface area contributed by atoms with Crippen molar-refractivity contribution in [3.63, 3.8) is 0 Å². The Labute approximate surface area is 167 Å². The molecule has 28 heavy (non-hydrogen) atoms. The summed E-state index contributed by atoms with van der Waals surface area (Å²) < 4.78 is 0. The number of amides is 1. The molecule has 1 aliphatic heterocycles. The second-order valence-corrected chi connectivity index (χ2v) is 9.61. The minimum atomic E-state index is -0.540. The fraction of sp³-hybridized carbons (Fsp3) is 0.609. The summed E-state index contributed by atoms with van der Waals surface area (Å²) in [7, 11) is 4.18. The van der Waals surface area contributed by atoms with Crippen molar-refractivity contribution >= 4 is 16.9 Å². The van der Waals surface area contributed by atoms with E-state index in [2.05, 4.69) is 30.7 Å². The number of benzene rings is 1. The van der Waals surface area contributed by atoms with E-state index < -0.39 is 5.41 Å². The third-order valence-corrected chi connectivity index (χ3v) is 8.03. The fourth-order valence-electron chi connectivity index (χ4n) is 6.15. The Hall–Kier alpha value is -2.01. The van der Waals surface area contributed by atoms with Gasteiger partial charge < -0.3 is 9.80 Å². The normalized spacial score (nSPS) is 29.2. The fourth-order valence-corrected chi connectivity index (χ4v) is 6.15. The molecule has 1 amide bonds. The van der Waals surface area contributed by atoms with Gasteiger partial charge in [-0.1, -0.05) is 26.0 Å². The summed E-state index contributed by atoms with van der Waals surface area (Å²) in [5.74, 6) is 0.576. The third kappa shape index (κ3) is 2.20. The molecular formula is C23H30N4O. The van der Waals surface area contributed by atoms with Gasteiger partial charge in [-0.3, -0.25) is 4.79 Å². The highest BCUT2D eigenvalue weighted by atomic mass is 16.2. The highest BCUT2D eigenvalue weighted by Gasteiger charge is 2.68. The average Bonchev–Trinajstić information content (AvgIpc) is 3.07. The van der Waals surface area contributed by atoms with Crippen molar-refractivity contribution in [2.75, 3.05) is 27.2 Å². The molecule has 5 rings (SSSR count). The van der Waals surface area contributed by atoms with Crippen LogP contribution in [0.15, 0.2) is 24.3 Å². The third-order valence-electron chi connectivity index (χ3n) is 8.03. The molecule has 2 heterocycles. The van der Waals surface area contributed by atoms with Crippen molar-refractivity contribution in [3.8, 4) is 0 Å². The first-order valence-corrected chi connectivity index (χ1v) is 10.6. The number of hydrogen-bond acceptors (Lipinski definition) is 4. The molecule has 0 radical (unpaired) electrons. The number of hydrogen-bond donors (Lipinski definition) is 0. The van der Waals surface area contributed by atoms with Crippen LogP contribution < -0.4 is 0 Å². The Kier molecular flexibility index (Phi) is 3.86. The number of carbonyl (C=O) groups excluding carboxylic acids is 1. The van der Waals surface area contributed by atoms with Gasteiger partial charge in [0, 0.05) is 19.0 Å². The molecule has 1 aromatic carbocycles. The van der Waals surface area contributed by atoms with Crippen LogP contribution in [0.1, 0.15) is 56.8 Å². The highest BCUT2D eigenvalue weighted by molar-refractivity contribution is 5.92. The Morgan fingerprint density at radius 2 is 1.75 bits per heavy atom. The summed E-state index contributed by atoms with van der Waals surface area (Å²) in [4.78, 5) is 28.5. The van der Waals surface area contributed by atoms with Crippen molar-refractivity contribution in [3.05, 3.63) is 35.7 Å². The lowest BCUT2D eigenvalue weighted by molar-refractivity contribution is -0.142. The zero-order valence-corrected chi connectivity index (χ0v) is 17.4. The summed E-state index contributed by atoms with van der Waals surface area (Å²) in [5.41, 5.74) is 3.18. The largest absolute Gasteiger partial charge is 0.342 e. The molecule has 2 bridgehead atoms. The lowest BCUT2D eigenvalue weighted by Crippen LogP contribution is -2.54. The van der Waals surface area contributed by atoms with Crippen LogP contribution in [0.25, 0.3) is 11.0 Å². The van der Waals surface area contributed by atoms with Crippen molar-refractivity contribution in [2.24, 2.45) is 5.41 Å². The maximum atomic E-state index is 14.1. The smallest absolute Gasteiger partial charge is 0.235 e. The van der Waals surface area contributed by atoms with Crippen LogP contribution in [0.5, 0.6) is 0 Å². The number of fused-ring (bicyclic) bond motifs is 6. The van der Waals surface area contributed by atoms with E-state index in [1.165, 1.54) is 0 Å². The summed E-state index contributed by atoms with van der Waals surface area (Å²) >= 11 is 0. The number of rotatable bonds is 2. The lowest BCUT2D eigenvalue weighted by atomic mass is 9.67. The van der Waals surface area contributed by atoms with Gasteiger partial charge in [0.15, 0.2) is 0 Å². The van der Waals surface area contributed by atoms with Gasteiger partial charge in [0.05, 0.1) is 27.8 Å². The maximum absolute atomic E-state index is 14.1. The van der Waals surface area contributed by atoms with E-state index in [9.17, 15) is 4.79 Å². The molecule has 2 aliphatic carbocycles. The van der Waals surface area contributed by atoms with Crippen LogP contribution in [0.4, 0.5) is 0 Å². The van der Waals surface area contributed by atoms with E-state index in [4.69, 9.17) is 9.97 Å². The first-order valence-electron chi connectivity index (χ1n) is 10.6. The second-order valence-electron chi connectivity index (χ2n) is 9.61. The molecule has 2 unspecified atom stereocenters. The van der Waals surface area contributed by atoms with Gasteiger partial charge in [-0.15, -0.1) is 0 Å². The molecule has 1 aromatic heterocycles. The van der Waals surface area contributed by atoms with E-state index in [0.717, 1.165) is 61.2 Å². The van der Waals surface area contributed by atoms with E-state index in [0.29, 0.717) is 12.0 Å². The number of nitrogens with zero attached hydrogens (tertiary/aromatic N) is 4. The van der Waals surface area contributed by atoms with Gasteiger partial charge >= 0.3 is 0 Å². The first kappa shape index (κ1) is 18.0. The van der Waals surface area contributed by atoms with Gasteiger partial charge in [-0.2, -0.15) is 0 Å². The average molecular weight is 379 g/mol. The Morgan fingerprint density at radius 3 is 2.43 bits per heavy atom. The van der Waals surface area contributed by atoms with E-state index in [1.807, 2.05) is 31.3 Å². The molecule has 5 nitrogen and oxygen atoms in total. The van der Waals surface area contributed by atoms with Gasteiger partial charge in [0.25, 0.3) is 0 Å². The molecule has 3 aliphatic rings. The number of piperidine rings is 1. The zero-order chi connectivity index (χ0) is 19.7. The molecular weight excluding hydrogens is 348 g/mol. The van der Waals surface area contributed by atoms with Crippen molar-refractivity contribution in [1.29, 1.82) is 0 Å². The summed E-state index contributed by atoms with van der Waals surface area (Å²) in [5, 5.41) is 0. The Balaban J connectivity index is 1.60. The summed E-state index contributed by atoms with van der Waals surface area (Å²) in [6, 6.07) is 8.38. The number of likely N-dealkylation sites (tertiary alicyclic amines) is 1. The second kappa shape index (κ2) is 5.99. The minimum Gasteiger partial charge on any atom is -0.342 e. The van der Waals surface area contributed by atoms with Crippen LogP contribution in [0.3, 0.4) is 0 Å². The number of likely N-dealkylation sites (N-methyl/N-ethyl adjacent to an activating group) is 1. The van der Waals surface area contributed by atoms with E-state index in [-0.39, 0.29) is 11.3 Å². The maximum Gasteiger partial charge on any atom is 0.235 e. The first-order chi connectivity index (χ1) is 13.4. The zero-order valence-electron chi connectivity index (χ0n) is 17.4. The molecule has 2 fully saturated rings. The minimum absolute atomic E-state index is 0.149. The Morgan fingerprint density at radius 1 is 1.11 bits per heavy atom. The molecule has 0 N–H and O–H groups in total. The molecule has 148 valence electrons. The topological polar surface area (TPSA) is 49.3 Å². The van der Waals surface area contributed by atoms with Crippen LogP contribution >= 0.6 is 0 Å². The van der Waals surface area contributed by atoms with Crippen molar-refractivity contribution < 1.29 is 4.79 Å². The molecule has 1 saturated carbocycles. The molecule has 0 spiro atoms. The lowest BCUT2D eigenvalue weighted by Gasteiger charge is -2.43. The highest BCUT2D eigenvalue weighted by Crippen LogP contribution is 2.67. The van der Waals surface area contributed by atoms with E-state index >= 15 is 0 Å². The quantitative estimate of drug-likeness (QED) is 0.804. The van der Waals surface area contributed by atoms with Crippen molar-refractivity contribution in [2.45, 2.75) is 56.9 Å². The number of carbonyl (C=O) groups is 1. The summed E-state index contributed by atoms with van der Waals surface area (Å²) in [6.45, 7) is 6.64. The van der Waals surface area contributed by atoms with Crippen LogP contribution in [-0.2, 0) is 10.2 Å². The molecule has 1 saturated heterocycles. The SMILES string of the molecule is CN1CCC(N(C)C(=O)C23CCC(c4nc5ccccc5nc42)C3(C)C)CC1. The van der Waals surface area contributed by atoms with Crippen LogP contribution in [0.2, 0.25) is 0 Å². The van der Waals surface area contributed by atoms with Gasteiger partial charge in [-0.25, -0.2) is 9.97 Å². The predicted octanol–water partition coefficient (Wildman–Crippen LogP) is 3.34. The molecule has 2 atom stereocenters. The number of aromatic nitrogens is 2. The standard InChI is InChI=1S/C23H30N4O/c1-22(2)16-9-12-23(22,21(28)27(4)15-10-13-26(3)14-11-15)20-19(16)24-17-7-5-6-8-18(17)25-20/h5-8,15-16H,9-14H2,1-4H3. The van der Waals surface area contributed by atoms with Crippen LogP contribution in [-0.4, -0.2) is 58.9 Å². The van der Waals surface area contributed by atoms with Gasteiger partial charge in [0.1, 0.15) is 0 Å². The van der Waals surface area contributed by atoms with E-state index in [1.54, 1.807) is 0 Å². The molecule has 5 heteroatoms. The van der Waals surface area contributed by atoms with Gasteiger partial charge in [0.2, 0.25) is 5.91 Å². The number of para-hydroxylation sites is 2.